The van der Waals surface area contributed by atoms with Crippen LogP contribution in [0.25, 0.3) is 27.1 Å². The molecule has 1 N–H and O–H groups in total. The molecule has 6 nitrogen and oxygen atoms in total. The molecule has 0 aliphatic carbocycles. The molecule has 0 saturated heterocycles. The monoisotopic (exact) mass is 449 g/mol. The summed E-state index contributed by atoms with van der Waals surface area (Å²) in [5.41, 5.74) is 3.17. The molecule has 5 aromatic rings. The van der Waals surface area contributed by atoms with Crippen molar-refractivity contribution >= 4 is 55.4 Å². The normalized spacial score (nSPS) is 11.2. The fourth-order valence-corrected chi connectivity index (χ4v) is 4.28. The predicted octanol–water partition coefficient (Wildman–Crippen LogP) is 5.02. The van der Waals surface area contributed by atoms with Crippen molar-refractivity contribution in [3.05, 3.63) is 76.5 Å². The number of fused-ring (bicyclic) bond motifs is 2. The lowest BCUT2D eigenvalue weighted by atomic mass is 10.2. The molecular weight excluding hydrogens is 438 g/mol. The Morgan fingerprint density at radius 1 is 1.07 bits per heavy atom. The van der Waals surface area contributed by atoms with E-state index in [1.54, 1.807) is 34.4 Å². The second kappa shape index (κ2) is 6.81. The van der Waals surface area contributed by atoms with Crippen molar-refractivity contribution in [2.24, 2.45) is 0 Å². The summed E-state index contributed by atoms with van der Waals surface area (Å²) in [5, 5.41) is 10.3. The van der Waals surface area contributed by atoms with E-state index in [1.807, 2.05) is 47.8 Å². The molecule has 1 aromatic carbocycles. The Bertz CT molecular complexity index is 1330. The van der Waals surface area contributed by atoms with Crippen molar-refractivity contribution in [2.75, 3.05) is 5.32 Å². The van der Waals surface area contributed by atoms with Gasteiger partial charge in [-0.2, -0.15) is 5.10 Å². The third-order valence-corrected chi connectivity index (χ3v) is 5.97. The largest absolute Gasteiger partial charge is 0.320 e. The van der Waals surface area contributed by atoms with E-state index in [2.05, 4.69) is 36.3 Å². The first-order valence-corrected chi connectivity index (χ1v) is 10.1. The van der Waals surface area contributed by atoms with Crippen molar-refractivity contribution in [1.82, 2.24) is 19.6 Å². The Labute approximate surface area is 172 Å². The summed E-state index contributed by atoms with van der Waals surface area (Å²) in [4.78, 5) is 22.8. The van der Waals surface area contributed by atoms with Gasteiger partial charge in [-0.25, -0.2) is 9.50 Å². The van der Waals surface area contributed by atoms with Crippen LogP contribution in [0, 0.1) is 0 Å². The Balaban J connectivity index is 1.56. The van der Waals surface area contributed by atoms with Crippen LogP contribution >= 0.6 is 27.3 Å². The van der Waals surface area contributed by atoms with Crippen LogP contribution in [0.4, 0.5) is 5.69 Å². The molecule has 136 valence electrons. The van der Waals surface area contributed by atoms with Gasteiger partial charge in [-0.1, -0.05) is 28.1 Å². The minimum absolute atomic E-state index is 0.278. The Kier molecular flexibility index (Phi) is 4.14. The Morgan fingerprint density at radius 2 is 2.00 bits per heavy atom. The van der Waals surface area contributed by atoms with Gasteiger partial charge in [-0.15, -0.1) is 11.3 Å². The molecule has 0 fully saturated rings. The molecule has 28 heavy (non-hydrogen) atoms. The lowest BCUT2D eigenvalue weighted by molar-refractivity contribution is 0.102. The highest BCUT2D eigenvalue weighted by molar-refractivity contribution is 9.10. The predicted molar refractivity (Wildman–Crippen MR) is 114 cm³/mol. The fraction of sp³-hybridized carbons (Fsp3) is 0. The maximum absolute atomic E-state index is 13.0. The van der Waals surface area contributed by atoms with Crippen LogP contribution in [0.1, 0.15) is 10.4 Å². The third kappa shape index (κ3) is 2.78. The number of hydrogen-bond acceptors (Lipinski definition) is 5. The summed E-state index contributed by atoms with van der Waals surface area (Å²) >= 11 is 5.13. The maximum Gasteiger partial charge on any atom is 0.261 e. The van der Waals surface area contributed by atoms with E-state index in [0.29, 0.717) is 22.4 Å². The van der Waals surface area contributed by atoms with Crippen molar-refractivity contribution in [3.8, 4) is 10.6 Å². The molecular formula is C20H12BrN5OS. The molecule has 0 bridgehead atoms. The number of rotatable bonds is 3. The van der Waals surface area contributed by atoms with Crippen molar-refractivity contribution < 1.29 is 4.79 Å². The number of benzene rings is 1. The maximum atomic E-state index is 13.0. The van der Waals surface area contributed by atoms with Gasteiger partial charge in [0.15, 0.2) is 5.65 Å². The van der Waals surface area contributed by atoms with Crippen LogP contribution in [-0.4, -0.2) is 25.5 Å². The van der Waals surface area contributed by atoms with E-state index < -0.39 is 0 Å². The van der Waals surface area contributed by atoms with Gasteiger partial charge in [0, 0.05) is 22.3 Å². The summed E-state index contributed by atoms with van der Waals surface area (Å²) in [7, 11) is 0. The third-order valence-electron chi connectivity index (χ3n) is 4.38. The fourth-order valence-electron chi connectivity index (χ4n) is 3.09. The van der Waals surface area contributed by atoms with Gasteiger partial charge in [0.2, 0.25) is 0 Å². The number of aromatic nitrogens is 4. The smallest absolute Gasteiger partial charge is 0.261 e. The highest BCUT2D eigenvalue weighted by Gasteiger charge is 2.18. The quantitative estimate of drug-likeness (QED) is 0.419. The lowest BCUT2D eigenvalue weighted by Crippen LogP contribution is -2.12. The number of nitrogens with zero attached hydrogens (tertiary/aromatic N) is 4. The first-order chi connectivity index (χ1) is 13.7. The molecule has 0 atom stereocenters. The Morgan fingerprint density at radius 3 is 2.86 bits per heavy atom. The van der Waals surface area contributed by atoms with Gasteiger partial charge < -0.3 is 5.32 Å². The number of halogens is 1. The minimum Gasteiger partial charge on any atom is -0.320 e. The van der Waals surface area contributed by atoms with Crippen molar-refractivity contribution in [2.45, 2.75) is 0 Å². The second-order valence-corrected chi connectivity index (χ2v) is 7.85. The van der Waals surface area contributed by atoms with E-state index in [4.69, 9.17) is 0 Å². The molecule has 0 spiro atoms. The number of amides is 1. The number of thiophene rings is 1. The van der Waals surface area contributed by atoms with Crippen LogP contribution in [0.2, 0.25) is 0 Å². The van der Waals surface area contributed by atoms with E-state index >= 15 is 0 Å². The molecule has 0 unspecified atom stereocenters. The molecule has 4 aromatic heterocycles. The van der Waals surface area contributed by atoms with Gasteiger partial charge in [0.25, 0.3) is 5.91 Å². The number of carbonyl (C=O) groups is 1. The molecule has 0 saturated carbocycles. The van der Waals surface area contributed by atoms with E-state index in [9.17, 15) is 4.79 Å². The first-order valence-electron chi connectivity index (χ1n) is 8.43. The summed E-state index contributed by atoms with van der Waals surface area (Å²) in [6, 6.07) is 13.4. The van der Waals surface area contributed by atoms with Crippen molar-refractivity contribution in [3.63, 3.8) is 0 Å². The zero-order chi connectivity index (χ0) is 19.1. The van der Waals surface area contributed by atoms with Gasteiger partial charge in [-0.3, -0.25) is 9.78 Å². The number of pyridine rings is 1. The van der Waals surface area contributed by atoms with Crippen LogP contribution in [0.5, 0.6) is 0 Å². The van der Waals surface area contributed by atoms with Crippen LogP contribution < -0.4 is 5.32 Å². The molecule has 8 heteroatoms. The van der Waals surface area contributed by atoms with Crippen molar-refractivity contribution in [1.29, 1.82) is 0 Å². The van der Waals surface area contributed by atoms with E-state index in [1.165, 1.54) is 0 Å². The van der Waals surface area contributed by atoms with Crippen LogP contribution in [0.15, 0.2) is 70.9 Å². The number of nitrogens with one attached hydrogen (secondary N) is 1. The van der Waals surface area contributed by atoms with Crippen LogP contribution in [-0.2, 0) is 0 Å². The van der Waals surface area contributed by atoms with E-state index in [0.717, 1.165) is 20.4 Å². The standard InChI is InChI=1S/C20H12BrN5OS/c21-14-5-6-15(18-12(14)3-1-8-22-18)25-20(27)13-11-24-26-16(7-9-23-19(13)26)17-4-2-10-28-17/h1-11H,(H,25,27). The number of carbonyl (C=O) groups excluding carboxylic acids is 1. The molecule has 0 radical (unpaired) electrons. The second-order valence-electron chi connectivity index (χ2n) is 6.05. The molecule has 4 heterocycles. The lowest BCUT2D eigenvalue weighted by Gasteiger charge is -2.08. The van der Waals surface area contributed by atoms with Gasteiger partial charge in [0.05, 0.1) is 28.0 Å². The highest BCUT2D eigenvalue weighted by Crippen LogP contribution is 2.29. The van der Waals surface area contributed by atoms with Gasteiger partial charge >= 0.3 is 0 Å². The molecule has 5 rings (SSSR count). The number of anilines is 1. The number of hydrogen-bond donors (Lipinski definition) is 1. The van der Waals surface area contributed by atoms with Gasteiger partial charge in [-0.05, 0) is 35.7 Å². The molecule has 0 aliphatic rings. The first kappa shape index (κ1) is 17.0. The average molecular weight is 450 g/mol. The van der Waals surface area contributed by atoms with E-state index in [-0.39, 0.29) is 5.91 Å². The summed E-state index contributed by atoms with van der Waals surface area (Å²) < 4.78 is 2.62. The summed E-state index contributed by atoms with van der Waals surface area (Å²) in [6.07, 6.45) is 4.94. The summed E-state index contributed by atoms with van der Waals surface area (Å²) in [5.74, 6) is -0.278. The Hall–Kier alpha value is -3.10. The van der Waals surface area contributed by atoms with Gasteiger partial charge in [0.1, 0.15) is 5.56 Å². The highest BCUT2D eigenvalue weighted by atomic mass is 79.9. The summed E-state index contributed by atoms with van der Waals surface area (Å²) in [6.45, 7) is 0. The SMILES string of the molecule is O=C(Nc1ccc(Br)c2cccnc12)c1cnn2c(-c3cccs3)ccnc12. The zero-order valence-electron chi connectivity index (χ0n) is 14.3. The topological polar surface area (TPSA) is 72.2 Å². The molecule has 1 amide bonds. The zero-order valence-corrected chi connectivity index (χ0v) is 16.7. The van der Waals surface area contributed by atoms with Crippen LogP contribution in [0.3, 0.4) is 0 Å². The minimum atomic E-state index is -0.278. The molecule has 0 aliphatic heterocycles. The average Bonchev–Trinajstić information content (AvgIpc) is 3.40.